The highest BCUT2D eigenvalue weighted by molar-refractivity contribution is 6.00. The molecule has 0 aromatic heterocycles. The van der Waals surface area contributed by atoms with Crippen LogP contribution in [0.2, 0.25) is 0 Å². The van der Waals surface area contributed by atoms with E-state index in [1.54, 1.807) is 5.92 Å². The molecule has 0 unspecified atom stereocenters. The second-order valence-electron chi connectivity index (χ2n) is 3.36. The first kappa shape index (κ1) is 10.6. The highest BCUT2D eigenvalue weighted by Gasteiger charge is 2.14. The van der Waals surface area contributed by atoms with Crippen molar-refractivity contribution < 1.29 is 14.7 Å². The zero-order valence-electron chi connectivity index (χ0n) is 7.88. The molecule has 4 nitrogen and oxygen atoms in total. The lowest BCUT2D eigenvalue weighted by molar-refractivity contribution is -0.130. The lowest BCUT2D eigenvalue weighted by Crippen LogP contribution is -2.35. The molecular formula is C10H13NO3. The number of carboxylic acid groups (broad SMARTS) is 1. The normalized spacial score (nSPS) is 16.6. The van der Waals surface area contributed by atoms with E-state index in [0.717, 1.165) is 25.7 Å². The average Bonchev–Trinajstić information content (AvgIpc) is 2.16. The van der Waals surface area contributed by atoms with Crippen molar-refractivity contribution in [2.75, 3.05) is 0 Å². The minimum absolute atomic E-state index is 0.180. The van der Waals surface area contributed by atoms with Crippen LogP contribution in [0.4, 0.5) is 0 Å². The maximum atomic E-state index is 11.1. The SMILES string of the molecule is O=C(O)C#CC(=O)NC1CCCCC1. The van der Waals surface area contributed by atoms with Gasteiger partial charge in [0.05, 0.1) is 0 Å². The third-order valence-electron chi connectivity index (χ3n) is 2.22. The van der Waals surface area contributed by atoms with Crippen LogP contribution < -0.4 is 5.32 Å². The van der Waals surface area contributed by atoms with Gasteiger partial charge in [-0.15, -0.1) is 0 Å². The van der Waals surface area contributed by atoms with Crippen molar-refractivity contribution >= 4 is 11.9 Å². The van der Waals surface area contributed by atoms with Crippen LogP contribution in [0.25, 0.3) is 0 Å². The van der Waals surface area contributed by atoms with Gasteiger partial charge in [0.15, 0.2) is 0 Å². The fourth-order valence-electron chi connectivity index (χ4n) is 1.58. The first-order chi connectivity index (χ1) is 6.68. The predicted octanol–water partition coefficient (Wildman–Crippen LogP) is 0.523. The fraction of sp³-hybridized carbons (Fsp3) is 0.600. The van der Waals surface area contributed by atoms with Crippen LogP contribution >= 0.6 is 0 Å². The van der Waals surface area contributed by atoms with Gasteiger partial charge in [-0.3, -0.25) is 4.79 Å². The molecule has 0 aromatic carbocycles. The summed E-state index contributed by atoms with van der Waals surface area (Å²) in [7, 11) is 0. The Balaban J connectivity index is 2.33. The number of carbonyl (C=O) groups excluding carboxylic acids is 1. The van der Waals surface area contributed by atoms with E-state index in [4.69, 9.17) is 5.11 Å². The molecule has 1 aliphatic rings. The van der Waals surface area contributed by atoms with Crippen molar-refractivity contribution in [3.63, 3.8) is 0 Å². The monoisotopic (exact) mass is 195 g/mol. The van der Waals surface area contributed by atoms with Gasteiger partial charge in [0.1, 0.15) is 0 Å². The van der Waals surface area contributed by atoms with Crippen LogP contribution in [0.15, 0.2) is 0 Å². The van der Waals surface area contributed by atoms with Gasteiger partial charge in [0.2, 0.25) is 0 Å². The molecule has 1 amide bonds. The van der Waals surface area contributed by atoms with E-state index in [1.165, 1.54) is 6.42 Å². The number of rotatable bonds is 1. The summed E-state index contributed by atoms with van der Waals surface area (Å²) in [4.78, 5) is 21.1. The minimum Gasteiger partial charge on any atom is -0.472 e. The summed E-state index contributed by atoms with van der Waals surface area (Å²) in [5.41, 5.74) is 0. The molecule has 1 aliphatic carbocycles. The van der Waals surface area contributed by atoms with Gasteiger partial charge in [-0.25, -0.2) is 4.79 Å². The molecule has 2 N–H and O–H groups in total. The standard InChI is InChI=1S/C10H13NO3/c12-9(6-7-10(13)14)11-8-4-2-1-3-5-8/h8H,1-5H2,(H,11,12)(H,13,14). The Bertz CT molecular complexity index is 281. The van der Waals surface area contributed by atoms with Crippen LogP contribution in [0, 0.1) is 11.8 Å². The van der Waals surface area contributed by atoms with E-state index in [2.05, 4.69) is 5.32 Å². The molecule has 0 bridgehead atoms. The molecular weight excluding hydrogens is 182 g/mol. The Hall–Kier alpha value is -1.50. The number of hydrogen-bond acceptors (Lipinski definition) is 2. The molecule has 0 saturated heterocycles. The Morgan fingerprint density at radius 3 is 2.36 bits per heavy atom. The lowest BCUT2D eigenvalue weighted by Gasteiger charge is -2.21. The Labute approximate surface area is 82.7 Å². The van der Waals surface area contributed by atoms with Gasteiger partial charge in [0, 0.05) is 17.9 Å². The average molecular weight is 195 g/mol. The van der Waals surface area contributed by atoms with E-state index < -0.39 is 11.9 Å². The first-order valence-electron chi connectivity index (χ1n) is 4.74. The summed E-state index contributed by atoms with van der Waals surface area (Å²) in [6, 6.07) is 0.180. The number of aliphatic carboxylic acids is 1. The predicted molar refractivity (Wildman–Crippen MR) is 50.4 cm³/mol. The Morgan fingerprint density at radius 1 is 1.14 bits per heavy atom. The van der Waals surface area contributed by atoms with Crippen molar-refractivity contribution in [2.45, 2.75) is 38.1 Å². The molecule has 0 radical (unpaired) electrons. The van der Waals surface area contributed by atoms with E-state index >= 15 is 0 Å². The number of carbonyl (C=O) groups is 2. The summed E-state index contributed by atoms with van der Waals surface area (Å²) in [5.74, 6) is 2.06. The number of carboxylic acids is 1. The second-order valence-corrected chi connectivity index (χ2v) is 3.36. The summed E-state index contributed by atoms with van der Waals surface area (Å²) >= 11 is 0. The van der Waals surface area contributed by atoms with E-state index in [-0.39, 0.29) is 6.04 Å². The molecule has 1 saturated carbocycles. The zero-order valence-corrected chi connectivity index (χ0v) is 7.88. The smallest absolute Gasteiger partial charge is 0.382 e. The molecule has 14 heavy (non-hydrogen) atoms. The van der Waals surface area contributed by atoms with Gasteiger partial charge in [0.25, 0.3) is 5.91 Å². The molecule has 76 valence electrons. The topological polar surface area (TPSA) is 66.4 Å². The molecule has 0 aliphatic heterocycles. The molecule has 4 heteroatoms. The van der Waals surface area contributed by atoms with Gasteiger partial charge in [-0.05, 0) is 12.8 Å². The molecule has 0 spiro atoms. The molecule has 0 atom stereocenters. The van der Waals surface area contributed by atoms with Crippen molar-refractivity contribution in [3.8, 4) is 11.8 Å². The second kappa shape index (κ2) is 5.28. The maximum Gasteiger partial charge on any atom is 0.382 e. The largest absolute Gasteiger partial charge is 0.472 e. The molecule has 1 rings (SSSR count). The summed E-state index contributed by atoms with van der Waals surface area (Å²) in [6.07, 6.45) is 5.41. The van der Waals surface area contributed by atoms with E-state index in [0.29, 0.717) is 0 Å². The molecule has 0 heterocycles. The van der Waals surface area contributed by atoms with Crippen LogP contribution in [-0.4, -0.2) is 23.0 Å². The Kier molecular flexibility index (Phi) is 3.99. The number of hydrogen-bond donors (Lipinski definition) is 2. The van der Waals surface area contributed by atoms with Gasteiger partial charge < -0.3 is 10.4 Å². The van der Waals surface area contributed by atoms with Gasteiger partial charge in [-0.1, -0.05) is 19.3 Å². The number of amides is 1. The highest BCUT2D eigenvalue weighted by Crippen LogP contribution is 2.16. The third kappa shape index (κ3) is 3.94. The van der Waals surface area contributed by atoms with Gasteiger partial charge in [-0.2, -0.15) is 0 Å². The molecule has 1 fully saturated rings. The van der Waals surface area contributed by atoms with Crippen LogP contribution in [0.3, 0.4) is 0 Å². The Morgan fingerprint density at radius 2 is 1.79 bits per heavy atom. The van der Waals surface area contributed by atoms with Gasteiger partial charge >= 0.3 is 5.97 Å². The summed E-state index contributed by atoms with van der Waals surface area (Å²) in [6.45, 7) is 0. The van der Waals surface area contributed by atoms with Crippen molar-refractivity contribution in [1.82, 2.24) is 5.32 Å². The quantitative estimate of drug-likeness (QED) is 0.599. The van der Waals surface area contributed by atoms with Crippen molar-refractivity contribution in [3.05, 3.63) is 0 Å². The van der Waals surface area contributed by atoms with E-state index in [9.17, 15) is 9.59 Å². The van der Waals surface area contributed by atoms with Crippen LogP contribution in [0.1, 0.15) is 32.1 Å². The number of nitrogens with one attached hydrogen (secondary N) is 1. The van der Waals surface area contributed by atoms with Crippen LogP contribution in [-0.2, 0) is 9.59 Å². The summed E-state index contributed by atoms with van der Waals surface area (Å²) in [5, 5.41) is 10.9. The minimum atomic E-state index is -1.27. The maximum absolute atomic E-state index is 11.1. The summed E-state index contributed by atoms with van der Waals surface area (Å²) < 4.78 is 0. The lowest BCUT2D eigenvalue weighted by atomic mass is 9.95. The van der Waals surface area contributed by atoms with E-state index in [1.807, 2.05) is 5.92 Å². The van der Waals surface area contributed by atoms with Crippen molar-refractivity contribution in [2.24, 2.45) is 0 Å². The van der Waals surface area contributed by atoms with Crippen LogP contribution in [0.5, 0.6) is 0 Å². The fourth-order valence-corrected chi connectivity index (χ4v) is 1.58. The third-order valence-corrected chi connectivity index (χ3v) is 2.22. The molecule has 0 aromatic rings. The van der Waals surface area contributed by atoms with Crippen molar-refractivity contribution in [1.29, 1.82) is 0 Å². The highest BCUT2D eigenvalue weighted by atomic mass is 16.4. The zero-order chi connectivity index (χ0) is 10.4. The first-order valence-corrected chi connectivity index (χ1v) is 4.74.